The third-order valence-electron chi connectivity index (χ3n) is 7.16. The van der Waals surface area contributed by atoms with Crippen LogP contribution in [0.4, 0.5) is 16.0 Å². The second kappa shape index (κ2) is 9.48. The van der Waals surface area contributed by atoms with Crippen molar-refractivity contribution in [1.82, 2.24) is 15.0 Å². The van der Waals surface area contributed by atoms with E-state index in [1.54, 1.807) is 18.3 Å². The summed E-state index contributed by atoms with van der Waals surface area (Å²) in [5, 5.41) is 20.6. The Kier molecular flexibility index (Phi) is 6.02. The number of benzene rings is 1. The summed E-state index contributed by atoms with van der Waals surface area (Å²) in [5.41, 5.74) is 2.83. The maximum Gasteiger partial charge on any atom is 0.232 e. The average molecular weight is 490 g/mol. The molecule has 0 saturated carbocycles. The molecule has 0 amide bonds. The van der Waals surface area contributed by atoms with Crippen molar-refractivity contribution in [1.29, 1.82) is 0 Å². The first-order valence-electron chi connectivity index (χ1n) is 12.4. The van der Waals surface area contributed by atoms with Crippen LogP contribution in [0.25, 0.3) is 33.6 Å². The maximum absolute atomic E-state index is 13.8. The van der Waals surface area contributed by atoms with E-state index < -0.39 is 0 Å². The van der Waals surface area contributed by atoms with Crippen LogP contribution in [-0.4, -0.2) is 63.6 Å². The number of nitrogens with zero attached hydrogens (tertiary/aromatic N) is 5. The number of halogens is 1. The minimum absolute atomic E-state index is 0.243. The molecule has 0 unspecified atom stereocenters. The number of aliphatic hydroxyl groups is 2. The Morgan fingerprint density at radius 3 is 2.06 bits per heavy atom. The van der Waals surface area contributed by atoms with Crippen molar-refractivity contribution in [3.8, 4) is 22.5 Å². The van der Waals surface area contributed by atoms with Gasteiger partial charge in [0.15, 0.2) is 0 Å². The molecule has 2 saturated heterocycles. The van der Waals surface area contributed by atoms with Gasteiger partial charge in [0, 0.05) is 43.5 Å². The van der Waals surface area contributed by atoms with Gasteiger partial charge >= 0.3 is 0 Å². The predicted octanol–water partition coefficient (Wildman–Crippen LogP) is 4.01. The largest absolute Gasteiger partial charge is 0.437 e. The molecular weight excluding hydrogens is 461 g/mol. The molecule has 186 valence electrons. The third kappa shape index (κ3) is 4.29. The van der Waals surface area contributed by atoms with Crippen LogP contribution in [0.5, 0.6) is 0 Å². The molecule has 5 heterocycles. The number of aliphatic hydroxyl groups excluding tert-OH is 2. The Bertz CT molecular complexity index is 1340. The van der Waals surface area contributed by atoms with Crippen molar-refractivity contribution < 1.29 is 19.0 Å². The van der Waals surface area contributed by atoms with Gasteiger partial charge in [-0.1, -0.05) is 12.1 Å². The second-order valence-electron chi connectivity index (χ2n) is 9.53. The molecule has 1 aromatic carbocycles. The summed E-state index contributed by atoms with van der Waals surface area (Å²) in [6, 6.07) is 10.3. The second-order valence-corrected chi connectivity index (χ2v) is 9.53. The SMILES string of the molecule is OC1CCN(c2ccc(-c3oc4ncnc(N5CCC(O)CC5)c4c3-c3ccc(F)cc3)cn2)CC1. The zero-order chi connectivity index (χ0) is 24.6. The first kappa shape index (κ1) is 22.9. The van der Waals surface area contributed by atoms with Gasteiger partial charge < -0.3 is 24.4 Å². The maximum atomic E-state index is 13.8. The fourth-order valence-corrected chi connectivity index (χ4v) is 5.13. The quantitative estimate of drug-likeness (QED) is 0.444. The van der Waals surface area contributed by atoms with Gasteiger partial charge in [-0.2, -0.15) is 0 Å². The highest BCUT2D eigenvalue weighted by molar-refractivity contribution is 6.06. The summed E-state index contributed by atoms with van der Waals surface area (Å²) in [6.45, 7) is 2.89. The Morgan fingerprint density at radius 1 is 0.778 bits per heavy atom. The highest BCUT2D eigenvalue weighted by Gasteiger charge is 2.27. The van der Waals surface area contributed by atoms with Crippen LogP contribution in [0.3, 0.4) is 0 Å². The number of rotatable bonds is 4. The normalized spacial score (nSPS) is 17.8. The smallest absolute Gasteiger partial charge is 0.232 e. The van der Waals surface area contributed by atoms with E-state index in [-0.39, 0.29) is 18.0 Å². The van der Waals surface area contributed by atoms with Crippen LogP contribution in [0.1, 0.15) is 25.7 Å². The lowest BCUT2D eigenvalue weighted by Gasteiger charge is -2.30. The molecule has 8 nitrogen and oxygen atoms in total. The summed E-state index contributed by atoms with van der Waals surface area (Å²) < 4.78 is 20.1. The molecule has 2 fully saturated rings. The molecule has 2 N–H and O–H groups in total. The van der Waals surface area contributed by atoms with Crippen LogP contribution in [0.15, 0.2) is 53.3 Å². The van der Waals surface area contributed by atoms with E-state index >= 15 is 0 Å². The van der Waals surface area contributed by atoms with Crippen molar-refractivity contribution in [2.24, 2.45) is 0 Å². The number of anilines is 2. The Morgan fingerprint density at radius 2 is 1.42 bits per heavy atom. The summed E-state index contributed by atoms with van der Waals surface area (Å²) in [4.78, 5) is 18.0. The molecule has 0 spiro atoms. The minimum Gasteiger partial charge on any atom is -0.437 e. The Hall–Kier alpha value is -3.56. The van der Waals surface area contributed by atoms with E-state index in [2.05, 4.69) is 19.8 Å². The predicted molar refractivity (Wildman–Crippen MR) is 135 cm³/mol. The van der Waals surface area contributed by atoms with Gasteiger partial charge in [-0.25, -0.2) is 19.3 Å². The van der Waals surface area contributed by atoms with Crippen molar-refractivity contribution >= 4 is 22.7 Å². The lowest BCUT2D eigenvalue weighted by atomic mass is 9.99. The van der Waals surface area contributed by atoms with E-state index in [1.807, 2.05) is 12.1 Å². The topological polar surface area (TPSA) is 98.8 Å². The molecule has 0 bridgehead atoms. The first-order valence-corrected chi connectivity index (χ1v) is 12.4. The van der Waals surface area contributed by atoms with Crippen LogP contribution in [0.2, 0.25) is 0 Å². The van der Waals surface area contributed by atoms with Gasteiger partial charge in [-0.05, 0) is 55.5 Å². The third-order valence-corrected chi connectivity index (χ3v) is 7.16. The van der Waals surface area contributed by atoms with E-state index in [1.165, 1.54) is 18.5 Å². The average Bonchev–Trinajstić information content (AvgIpc) is 3.30. The number of hydrogen-bond acceptors (Lipinski definition) is 8. The Labute approximate surface area is 208 Å². The van der Waals surface area contributed by atoms with E-state index in [0.29, 0.717) is 37.4 Å². The van der Waals surface area contributed by atoms with E-state index in [0.717, 1.165) is 59.6 Å². The number of aromatic nitrogens is 3. The highest BCUT2D eigenvalue weighted by Crippen LogP contribution is 2.43. The van der Waals surface area contributed by atoms with Crippen molar-refractivity contribution in [3.63, 3.8) is 0 Å². The molecule has 3 aromatic heterocycles. The van der Waals surface area contributed by atoms with Gasteiger partial charge in [0.25, 0.3) is 0 Å². The number of fused-ring (bicyclic) bond motifs is 1. The number of hydrogen-bond donors (Lipinski definition) is 2. The van der Waals surface area contributed by atoms with Crippen LogP contribution >= 0.6 is 0 Å². The molecule has 6 rings (SSSR count). The van der Waals surface area contributed by atoms with Gasteiger partial charge in [0.1, 0.15) is 29.5 Å². The first-order chi connectivity index (χ1) is 17.6. The molecule has 36 heavy (non-hydrogen) atoms. The zero-order valence-electron chi connectivity index (χ0n) is 19.8. The summed E-state index contributed by atoms with van der Waals surface area (Å²) in [5.74, 6) is 1.89. The minimum atomic E-state index is -0.313. The van der Waals surface area contributed by atoms with Crippen LogP contribution < -0.4 is 9.80 Å². The number of piperidine rings is 2. The standard InChI is InChI=1S/C27H28FN5O3/c28-19-4-1-17(2-5-19)23-24-26(33-13-9-21(35)10-14-33)30-16-31-27(24)36-25(23)18-3-6-22(29-15-18)32-11-7-20(34)8-12-32/h1-6,15-16,20-21,34-35H,7-14H2. The molecule has 2 aliphatic heterocycles. The Balaban J connectivity index is 1.45. The van der Waals surface area contributed by atoms with E-state index in [4.69, 9.17) is 9.40 Å². The monoisotopic (exact) mass is 489 g/mol. The highest BCUT2D eigenvalue weighted by atomic mass is 19.1. The molecule has 0 radical (unpaired) electrons. The lowest BCUT2D eigenvalue weighted by molar-refractivity contribution is 0.145. The van der Waals surface area contributed by atoms with Gasteiger partial charge in [-0.15, -0.1) is 0 Å². The molecule has 0 atom stereocenters. The van der Waals surface area contributed by atoms with Gasteiger partial charge in [-0.3, -0.25) is 0 Å². The van der Waals surface area contributed by atoms with E-state index in [9.17, 15) is 14.6 Å². The van der Waals surface area contributed by atoms with Crippen molar-refractivity contribution in [3.05, 3.63) is 54.7 Å². The molecule has 9 heteroatoms. The fraction of sp³-hybridized carbons (Fsp3) is 0.370. The molecular formula is C27H28FN5O3. The zero-order valence-corrected chi connectivity index (χ0v) is 19.8. The molecule has 4 aromatic rings. The fourth-order valence-electron chi connectivity index (χ4n) is 5.13. The van der Waals surface area contributed by atoms with Crippen molar-refractivity contribution in [2.75, 3.05) is 36.0 Å². The lowest BCUT2D eigenvalue weighted by Crippen LogP contribution is -2.36. The molecule has 0 aliphatic carbocycles. The number of pyridine rings is 1. The summed E-state index contributed by atoms with van der Waals surface area (Å²) in [7, 11) is 0. The summed E-state index contributed by atoms with van der Waals surface area (Å²) >= 11 is 0. The molecule has 2 aliphatic rings. The van der Waals surface area contributed by atoms with Crippen LogP contribution in [0, 0.1) is 5.82 Å². The van der Waals surface area contributed by atoms with Crippen LogP contribution in [-0.2, 0) is 0 Å². The van der Waals surface area contributed by atoms with Crippen molar-refractivity contribution in [2.45, 2.75) is 37.9 Å². The van der Waals surface area contributed by atoms with Gasteiger partial charge in [0.2, 0.25) is 5.71 Å². The van der Waals surface area contributed by atoms with Gasteiger partial charge in [0.05, 0.1) is 17.6 Å². The number of furan rings is 1. The summed E-state index contributed by atoms with van der Waals surface area (Å²) in [6.07, 6.45) is 5.54.